The van der Waals surface area contributed by atoms with Crippen LogP contribution in [-0.2, 0) is 0 Å². The van der Waals surface area contributed by atoms with Gasteiger partial charge < -0.3 is 5.32 Å². The minimum absolute atomic E-state index is 0.625. The highest BCUT2D eigenvalue weighted by atomic mass is 32.1. The van der Waals surface area contributed by atoms with Crippen LogP contribution in [0.5, 0.6) is 0 Å². The number of thiophene rings is 1. The molecule has 0 amide bonds. The summed E-state index contributed by atoms with van der Waals surface area (Å²) in [6.07, 6.45) is 1.25. The first-order valence-electron chi connectivity index (χ1n) is 6.23. The molecule has 1 aliphatic heterocycles. The predicted molar refractivity (Wildman–Crippen MR) is 73.7 cm³/mol. The van der Waals surface area contributed by atoms with Gasteiger partial charge in [0, 0.05) is 12.5 Å². The van der Waals surface area contributed by atoms with Crippen molar-refractivity contribution in [2.75, 3.05) is 13.1 Å². The Bertz CT molecular complexity index is 449. The van der Waals surface area contributed by atoms with Crippen molar-refractivity contribution in [1.29, 1.82) is 0 Å². The third-order valence-electron chi connectivity index (χ3n) is 3.68. The highest BCUT2D eigenvalue weighted by molar-refractivity contribution is 7.07. The smallest absolute Gasteiger partial charge is 0.00329 e. The molecule has 1 N–H and O–H groups in total. The van der Waals surface area contributed by atoms with Gasteiger partial charge in [0.2, 0.25) is 0 Å². The molecule has 1 aromatic heterocycles. The maximum atomic E-state index is 3.53. The lowest BCUT2D eigenvalue weighted by molar-refractivity contribution is 0.405. The molecule has 0 bridgehead atoms. The van der Waals surface area contributed by atoms with E-state index in [0.29, 0.717) is 11.8 Å². The average Bonchev–Trinajstić information content (AvgIpc) is 2.94. The Balaban J connectivity index is 1.91. The molecule has 1 aromatic carbocycles. The predicted octanol–water partition coefficient (Wildman–Crippen LogP) is 3.61. The molecule has 0 aliphatic carbocycles. The molecule has 88 valence electrons. The Labute approximate surface area is 106 Å². The van der Waals surface area contributed by atoms with E-state index in [1.54, 1.807) is 0 Å². The van der Waals surface area contributed by atoms with E-state index in [-0.39, 0.29) is 0 Å². The summed E-state index contributed by atoms with van der Waals surface area (Å²) in [4.78, 5) is 0. The first-order valence-corrected chi connectivity index (χ1v) is 7.17. The van der Waals surface area contributed by atoms with E-state index in [2.05, 4.69) is 52.5 Å². The minimum Gasteiger partial charge on any atom is -0.316 e. The Morgan fingerprint density at radius 2 is 1.88 bits per heavy atom. The zero-order valence-corrected chi connectivity index (χ0v) is 10.6. The zero-order valence-electron chi connectivity index (χ0n) is 9.80. The van der Waals surface area contributed by atoms with Crippen LogP contribution in [0.2, 0.25) is 0 Å². The second-order valence-electron chi connectivity index (χ2n) is 4.67. The molecule has 1 fully saturated rings. The maximum Gasteiger partial charge on any atom is 0.00329 e. The topological polar surface area (TPSA) is 12.0 Å². The molecule has 17 heavy (non-hydrogen) atoms. The Morgan fingerprint density at radius 3 is 2.65 bits per heavy atom. The molecule has 0 spiro atoms. The van der Waals surface area contributed by atoms with Crippen molar-refractivity contribution in [1.82, 2.24) is 5.32 Å². The summed E-state index contributed by atoms with van der Waals surface area (Å²) in [7, 11) is 0. The molecule has 2 heterocycles. The van der Waals surface area contributed by atoms with E-state index < -0.39 is 0 Å². The lowest BCUT2D eigenvalue weighted by Crippen LogP contribution is -2.33. The quantitative estimate of drug-likeness (QED) is 0.849. The molecule has 2 unspecified atom stereocenters. The van der Waals surface area contributed by atoms with Gasteiger partial charge in [0.1, 0.15) is 0 Å². The van der Waals surface area contributed by atoms with Gasteiger partial charge in [-0.3, -0.25) is 0 Å². The second-order valence-corrected chi connectivity index (χ2v) is 5.45. The lowest BCUT2D eigenvalue weighted by Gasteiger charge is -2.32. The van der Waals surface area contributed by atoms with Crippen LogP contribution in [-0.4, -0.2) is 13.1 Å². The van der Waals surface area contributed by atoms with Crippen molar-refractivity contribution in [2.24, 2.45) is 0 Å². The van der Waals surface area contributed by atoms with Gasteiger partial charge in [0.25, 0.3) is 0 Å². The summed E-state index contributed by atoms with van der Waals surface area (Å²) in [5, 5.41) is 8.03. The van der Waals surface area contributed by atoms with E-state index in [1.807, 2.05) is 11.3 Å². The average molecular weight is 243 g/mol. The van der Waals surface area contributed by atoms with Crippen LogP contribution in [0.3, 0.4) is 0 Å². The fourth-order valence-electron chi connectivity index (χ4n) is 2.79. The molecule has 1 nitrogen and oxygen atoms in total. The van der Waals surface area contributed by atoms with Crippen LogP contribution in [0, 0.1) is 0 Å². The molecular formula is C15H17NS. The fraction of sp³-hybridized carbons (Fsp3) is 0.333. The molecular weight excluding hydrogens is 226 g/mol. The van der Waals surface area contributed by atoms with Gasteiger partial charge in [-0.15, -0.1) is 0 Å². The van der Waals surface area contributed by atoms with Crippen LogP contribution < -0.4 is 5.32 Å². The molecule has 1 aliphatic rings. The van der Waals surface area contributed by atoms with Crippen LogP contribution in [0.4, 0.5) is 0 Å². The summed E-state index contributed by atoms with van der Waals surface area (Å²) in [6, 6.07) is 13.2. The summed E-state index contributed by atoms with van der Waals surface area (Å²) in [6.45, 7) is 2.24. The largest absolute Gasteiger partial charge is 0.316 e. The van der Waals surface area contributed by atoms with Gasteiger partial charge in [-0.25, -0.2) is 0 Å². The third-order valence-corrected chi connectivity index (χ3v) is 4.38. The van der Waals surface area contributed by atoms with Gasteiger partial charge in [-0.1, -0.05) is 30.3 Å². The number of nitrogens with one attached hydrogen (secondary N) is 1. The summed E-state index contributed by atoms with van der Waals surface area (Å²) >= 11 is 1.81. The maximum absolute atomic E-state index is 3.53. The lowest BCUT2D eigenvalue weighted by atomic mass is 9.78. The Kier molecular flexibility index (Phi) is 3.25. The van der Waals surface area contributed by atoms with Crippen molar-refractivity contribution < 1.29 is 0 Å². The first kappa shape index (κ1) is 11.0. The number of benzene rings is 1. The Hall–Kier alpha value is -1.12. The molecule has 2 aromatic rings. The van der Waals surface area contributed by atoms with Crippen LogP contribution in [0.25, 0.3) is 0 Å². The highest BCUT2D eigenvalue weighted by Crippen LogP contribution is 2.37. The van der Waals surface area contributed by atoms with Crippen molar-refractivity contribution in [3.8, 4) is 0 Å². The van der Waals surface area contributed by atoms with E-state index in [4.69, 9.17) is 0 Å². The number of hydrogen-bond donors (Lipinski definition) is 1. The van der Waals surface area contributed by atoms with Crippen LogP contribution in [0.15, 0.2) is 47.2 Å². The number of hydrogen-bond acceptors (Lipinski definition) is 2. The van der Waals surface area contributed by atoms with E-state index in [9.17, 15) is 0 Å². The second kappa shape index (κ2) is 5.03. The fourth-order valence-corrected chi connectivity index (χ4v) is 3.52. The molecule has 0 saturated carbocycles. The summed E-state index contributed by atoms with van der Waals surface area (Å²) in [5.74, 6) is 1.31. The summed E-state index contributed by atoms with van der Waals surface area (Å²) in [5.41, 5.74) is 2.99. The SMILES string of the molecule is c1ccc(C2CNCCC2c2ccsc2)cc1. The third kappa shape index (κ3) is 2.28. The highest BCUT2D eigenvalue weighted by Gasteiger charge is 2.27. The molecule has 3 rings (SSSR count). The van der Waals surface area contributed by atoms with E-state index >= 15 is 0 Å². The van der Waals surface area contributed by atoms with Gasteiger partial charge in [-0.05, 0) is 46.8 Å². The van der Waals surface area contributed by atoms with Crippen molar-refractivity contribution in [2.45, 2.75) is 18.3 Å². The first-order chi connectivity index (χ1) is 8.45. The molecule has 2 atom stereocenters. The van der Waals surface area contributed by atoms with Crippen molar-refractivity contribution in [3.05, 3.63) is 58.3 Å². The van der Waals surface area contributed by atoms with Gasteiger partial charge >= 0.3 is 0 Å². The van der Waals surface area contributed by atoms with Crippen LogP contribution >= 0.6 is 11.3 Å². The molecule has 2 heteroatoms. The zero-order chi connectivity index (χ0) is 11.5. The number of rotatable bonds is 2. The molecule has 0 radical (unpaired) electrons. The Morgan fingerprint density at radius 1 is 1.00 bits per heavy atom. The standard InChI is InChI=1S/C15H17NS/c1-2-4-12(5-3-1)15-10-16-8-6-14(15)13-7-9-17-11-13/h1-5,7,9,11,14-16H,6,8,10H2. The normalized spacial score (nSPS) is 24.7. The monoisotopic (exact) mass is 243 g/mol. The van der Waals surface area contributed by atoms with Gasteiger partial charge in [0.05, 0.1) is 0 Å². The van der Waals surface area contributed by atoms with Crippen LogP contribution in [0.1, 0.15) is 29.4 Å². The van der Waals surface area contributed by atoms with Crippen molar-refractivity contribution in [3.63, 3.8) is 0 Å². The minimum atomic E-state index is 0.625. The van der Waals surface area contributed by atoms with Gasteiger partial charge in [0.15, 0.2) is 0 Å². The number of piperidine rings is 1. The van der Waals surface area contributed by atoms with E-state index in [1.165, 1.54) is 17.5 Å². The summed E-state index contributed by atoms with van der Waals surface area (Å²) < 4.78 is 0. The molecule has 1 saturated heterocycles. The van der Waals surface area contributed by atoms with Crippen molar-refractivity contribution >= 4 is 11.3 Å². The van der Waals surface area contributed by atoms with E-state index in [0.717, 1.165) is 13.1 Å². The van der Waals surface area contributed by atoms with Gasteiger partial charge in [-0.2, -0.15) is 11.3 Å².